The first-order valence-corrected chi connectivity index (χ1v) is 7.92. The van der Waals surface area contributed by atoms with Crippen molar-refractivity contribution >= 4 is 22.6 Å². The fraction of sp³-hybridized carbons (Fsp3) is 0.111. The second-order valence-electron chi connectivity index (χ2n) is 5.90. The van der Waals surface area contributed by atoms with E-state index in [2.05, 4.69) is 25.0 Å². The van der Waals surface area contributed by atoms with Gasteiger partial charge in [0.2, 0.25) is 0 Å². The number of fused-ring (bicyclic) bond motifs is 1. The van der Waals surface area contributed by atoms with E-state index in [9.17, 15) is 9.59 Å². The molecule has 0 bridgehead atoms. The number of anilines is 1. The van der Waals surface area contributed by atoms with Gasteiger partial charge in [0, 0.05) is 23.9 Å². The molecular formula is C18H15N5O3. The zero-order chi connectivity index (χ0) is 18.3. The highest BCUT2D eigenvalue weighted by Gasteiger charge is 2.11. The minimum absolute atomic E-state index is 0.224. The Labute approximate surface area is 147 Å². The van der Waals surface area contributed by atoms with Crippen molar-refractivity contribution in [3.05, 3.63) is 64.4 Å². The topological polar surface area (TPSA) is 106 Å². The van der Waals surface area contributed by atoms with Crippen LogP contribution in [-0.4, -0.2) is 25.6 Å². The standard InChI is InChI=1S/C18H15N5O3/c1-10-19-14-9-12(5-8-15(14)23(10)2)17(24)20-13-6-3-11(4-7-13)16-21-18(25)26-22-16/h3-9H,1-2H3,(H,20,24)(H,21,22,25). The van der Waals surface area contributed by atoms with Gasteiger partial charge in [-0.05, 0) is 49.4 Å². The minimum Gasteiger partial charge on any atom is -0.331 e. The van der Waals surface area contributed by atoms with Gasteiger partial charge < -0.3 is 9.88 Å². The molecule has 8 nitrogen and oxygen atoms in total. The Balaban J connectivity index is 1.55. The third-order valence-electron chi connectivity index (χ3n) is 4.22. The number of hydrogen-bond donors (Lipinski definition) is 2. The van der Waals surface area contributed by atoms with Crippen LogP contribution in [0.1, 0.15) is 16.2 Å². The van der Waals surface area contributed by atoms with Crippen molar-refractivity contribution in [3.8, 4) is 11.4 Å². The molecule has 2 heterocycles. The predicted molar refractivity (Wildman–Crippen MR) is 96.0 cm³/mol. The zero-order valence-corrected chi connectivity index (χ0v) is 14.1. The van der Waals surface area contributed by atoms with E-state index in [0.29, 0.717) is 22.6 Å². The maximum absolute atomic E-state index is 12.5. The Morgan fingerprint density at radius 1 is 1.19 bits per heavy atom. The second kappa shape index (κ2) is 5.99. The molecule has 2 aromatic heterocycles. The van der Waals surface area contributed by atoms with E-state index in [1.54, 1.807) is 36.4 Å². The monoisotopic (exact) mass is 349 g/mol. The maximum Gasteiger partial charge on any atom is 0.439 e. The number of aromatic nitrogens is 4. The first-order valence-electron chi connectivity index (χ1n) is 7.92. The summed E-state index contributed by atoms with van der Waals surface area (Å²) < 4.78 is 6.45. The van der Waals surface area contributed by atoms with Crippen molar-refractivity contribution in [1.82, 2.24) is 19.7 Å². The van der Waals surface area contributed by atoms with E-state index in [1.165, 1.54) is 0 Å². The van der Waals surface area contributed by atoms with Crippen LogP contribution >= 0.6 is 0 Å². The molecular weight excluding hydrogens is 334 g/mol. The van der Waals surface area contributed by atoms with Gasteiger partial charge in [0.15, 0.2) is 5.82 Å². The Bertz CT molecular complexity index is 1170. The number of aryl methyl sites for hydroxylation is 2. The van der Waals surface area contributed by atoms with E-state index in [4.69, 9.17) is 0 Å². The molecule has 0 fully saturated rings. The lowest BCUT2D eigenvalue weighted by molar-refractivity contribution is 0.102. The van der Waals surface area contributed by atoms with Crippen molar-refractivity contribution in [2.24, 2.45) is 7.05 Å². The lowest BCUT2D eigenvalue weighted by atomic mass is 10.1. The Kier molecular flexibility index (Phi) is 3.65. The SMILES string of the molecule is Cc1nc2cc(C(=O)Nc3ccc(-c4noc(=O)[nH]4)cc3)ccc2n1C. The second-order valence-corrected chi connectivity index (χ2v) is 5.90. The summed E-state index contributed by atoms with van der Waals surface area (Å²) in [5, 5.41) is 6.46. The van der Waals surface area contributed by atoms with Gasteiger partial charge in [-0.3, -0.25) is 14.3 Å². The summed E-state index contributed by atoms with van der Waals surface area (Å²) in [6, 6.07) is 12.3. The van der Waals surface area contributed by atoms with Crippen molar-refractivity contribution in [1.29, 1.82) is 0 Å². The number of aromatic amines is 1. The van der Waals surface area contributed by atoms with E-state index >= 15 is 0 Å². The number of imidazole rings is 1. The average molecular weight is 349 g/mol. The molecule has 1 amide bonds. The van der Waals surface area contributed by atoms with E-state index in [-0.39, 0.29) is 5.91 Å². The molecule has 0 radical (unpaired) electrons. The van der Waals surface area contributed by atoms with Gasteiger partial charge in [-0.2, -0.15) is 0 Å². The van der Waals surface area contributed by atoms with Crippen molar-refractivity contribution in [3.63, 3.8) is 0 Å². The molecule has 26 heavy (non-hydrogen) atoms. The number of nitrogens with zero attached hydrogens (tertiary/aromatic N) is 3. The molecule has 2 N–H and O–H groups in total. The lowest BCUT2D eigenvalue weighted by Gasteiger charge is -2.06. The van der Waals surface area contributed by atoms with Gasteiger partial charge in [-0.25, -0.2) is 9.78 Å². The first-order chi connectivity index (χ1) is 12.5. The van der Waals surface area contributed by atoms with Crippen LogP contribution in [-0.2, 0) is 7.05 Å². The minimum atomic E-state index is -0.613. The van der Waals surface area contributed by atoms with Gasteiger partial charge >= 0.3 is 5.76 Å². The highest BCUT2D eigenvalue weighted by Crippen LogP contribution is 2.19. The number of carbonyl (C=O) groups is 1. The summed E-state index contributed by atoms with van der Waals surface area (Å²) >= 11 is 0. The van der Waals surface area contributed by atoms with Crippen LogP contribution in [0.3, 0.4) is 0 Å². The molecule has 8 heteroatoms. The molecule has 4 aromatic rings. The number of H-pyrrole nitrogens is 1. The molecule has 0 saturated heterocycles. The molecule has 0 saturated carbocycles. The fourth-order valence-electron chi connectivity index (χ4n) is 2.73. The summed E-state index contributed by atoms with van der Waals surface area (Å²) in [4.78, 5) is 30.4. The highest BCUT2D eigenvalue weighted by atomic mass is 16.5. The summed E-state index contributed by atoms with van der Waals surface area (Å²) in [5.74, 6) is 0.387. The van der Waals surface area contributed by atoms with Crippen molar-refractivity contribution in [2.45, 2.75) is 6.92 Å². The van der Waals surface area contributed by atoms with Crippen molar-refractivity contribution in [2.75, 3.05) is 5.32 Å². The van der Waals surface area contributed by atoms with E-state index in [0.717, 1.165) is 16.9 Å². The van der Waals surface area contributed by atoms with Crippen LogP contribution in [0.2, 0.25) is 0 Å². The number of hydrogen-bond acceptors (Lipinski definition) is 5. The van der Waals surface area contributed by atoms with Gasteiger partial charge in [0.05, 0.1) is 11.0 Å². The van der Waals surface area contributed by atoms with Gasteiger partial charge in [-0.1, -0.05) is 5.16 Å². The van der Waals surface area contributed by atoms with Crippen LogP contribution in [0.4, 0.5) is 5.69 Å². The molecule has 0 aliphatic carbocycles. The Hall–Kier alpha value is -3.68. The van der Waals surface area contributed by atoms with Gasteiger partial charge in [0.25, 0.3) is 5.91 Å². The van der Waals surface area contributed by atoms with Crippen molar-refractivity contribution < 1.29 is 9.32 Å². The molecule has 0 aliphatic heterocycles. The third kappa shape index (κ3) is 2.77. The number of amides is 1. The summed E-state index contributed by atoms with van der Waals surface area (Å²) in [6.45, 7) is 1.92. The number of carbonyl (C=O) groups excluding carboxylic acids is 1. The van der Waals surface area contributed by atoms with Crippen LogP contribution in [0.25, 0.3) is 22.4 Å². The molecule has 0 unspecified atom stereocenters. The Morgan fingerprint density at radius 3 is 2.65 bits per heavy atom. The largest absolute Gasteiger partial charge is 0.439 e. The molecule has 130 valence electrons. The first kappa shape index (κ1) is 15.8. The number of rotatable bonds is 3. The molecule has 0 spiro atoms. The van der Waals surface area contributed by atoms with E-state index < -0.39 is 5.76 Å². The smallest absolute Gasteiger partial charge is 0.331 e. The number of nitrogens with one attached hydrogen (secondary N) is 2. The molecule has 2 aromatic carbocycles. The third-order valence-corrected chi connectivity index (χ3v) is 4.22. The van der Waals surface area contributed by atoms with Crippen LogP contribution in [0.15, 0.2) is 51.8 Å². The van der Waals surface area contributed by atoms with Crippen LogP contribution < -0.4 is 11.1 Å². The summed E-state index contributed by atoms with van der Waals surface area (Å²) in [6.07, 6.45) is 0. The van der Waals surface area contributed by atoms with Gasteiger partial charge in [0.1, 0.15) is 5.82 Å². The maximum atomic E-state index is 12.5. The predicted octanol–water partition coefficient (Wildman–Crippen LogP) is 2.48. The lowest BCUT2D eigenvalue weighted by Crippen LogP contribution is -2.11. The van der Waals surface area contributed by atoms with Crippen LogP contribution in [0, 0.1) is 6.92 Å². The quantitative estimate of drug-likeness (QED) is 0.591. The Morgan fingerprint density at radius 2 is 1.96 bits per heavy atom. The van der Waals surface area contributed by atoms with E-state index in [1.807, 2.05) is 24.6 Å². The zero-order valence-electron chi connectivity index (χ0n) is 14.1. The van der Waals surface area contributed by atoms with Gasteiger partial charge in [-0.15, -0.1) is 0 Å². The number of benzene rings is 2. The molecule has 0 aliphatic rings. The summed E-state index contributed by atoms with van der Waals surface area (Å²) in [7, 11) is 1.94. The van der Waals surface area contributed by atoms with Crippen LogP contribution in [0.5, 0.6) is 0 Å². The fourth-order valence-corrected chi connectivity index (χ4v) is 2.73. The average Bonchev–Trinajstić information content (AvgIpc) is 3.19. The normalized spacial score (nSPS) is 11.0. The molecule has 4 rings (SSSR count). The molecule has 0 atom stereocenters. The summed E-state index contributed by atoms with van der Waals surface area (Å²) in [5.41, 5.74) is 3.59. The highest BCUT2D eigenvalue weighted by molar-refractivity contribution is 6.06.